The number of nitrogens with zero attached hydrogens (tertiary/aromatic N) is 8. The van der Waals surface area contributed by atoms with Crippen LogP contribution >= 0.6 is 0 Å². The molecule has 4 radical (unpaired) electrons. The van der Waals surface area contributed by atoms with Gasteiger partial charge in [-0.05, 0) is 53.5 Å². The number of aryl methyl sites for hydroxylation is 2. The van der Waals surface area contributed by atoms with Gasteiger partial charge in [0.05, 0.1) is 0 Å². The van der Waals surface area contributed by atoms with E-state index in [9.17, 15) is 0 Å². The quantitative estimate of drug-likeness (QED) is 0.0353. The molecule has 8 nitrogen and oxygen atoms in total. The van der Waals surface area contributed by atoms with E-state index < -0.39 is 53.1 Å². The van der Waals surface area contributed by atoms with Gasteiger partial charge in [-0.25, -0.2) is 0 Å². The van der Waals surface area contributed by atoms with E-state index in [0.29, 0.717) is 5.92 Å². The van der Waals surface area contributed by atoms with Gasteiger partial charge in [-0.3, -0.25) is 0 Å². The molecule has 1 aliphatic carbocycles. The van der Waals surface area contributed by atoms with Crippen molar-refractivity contribution in [3.8, 4) is 101 Å². The van der Waals surface area contributed by atoms with Crippen LogP contribution in [0, 0.1) is 68.3 Å². The molecule has 0 saturated heterocycles. The van der Waals surface area contributed by atoms with E-state index in [1.165, 1.54) is 111 Å². The molecule has 0 atom stereocenters. The second-order valence-electron chi connectivity index (χ2n) is 36.8. The first kappa shape index (κ1) is 123. The molecule has 0 N–H and O–H groups in total. The first-order chi connectivity index (χ1) is 68.9. The molecule has 17 aromatic rings. The Morgan fingerprint density at radius 2 is 0.593 bits per heavy atom. The van der Waals surface area contributed by atoms with Gasteiger partial charge in [0, 0.05) is 105 Å². The van der Waals surface area contributed by atoms with Crippen LogP contribution in [0.1, 0.15) is 151 Å². The molecule has 16 heteroatoms. The number of hydrogen-bond acceptors (Lipinski definition) is 8. The first-order valence-corrected chi connectivity index (χ1v) is 73.4. The van der Waals surface area contributed by atoms with Crippen molar-refractivity contribution in [3.05, 3.63) is 436 Å². The molecule has 9 aromatic carbocycles. The van der Waals surface area contributed by atoms with Gasteiger partial charge in [-0.1, -0.05) is 48.5 Å². The SMILES string of the molecule is C[CH2][Ge]([CH2]C)([CH2]C)[c]1ccnc(-c2[c-]cc(-c3ccccc3)cc2)c1.C[CH2][Ge]([CH2]C)([CH2]C)[c]1cnc(-c2[c-]cccc2)cc1C.C[CH2][Ge]([CH2]C)([CH2]C)[c]1cnc(-c2[c-]cccc2)cc1C1CCCC1.C[CH2][Ge]([CH2]C)([CH2]C)[c]1cnc(-c2[c-]cccc2)cc1CC(C)C.Cc1ccc(-c2[c-]cccc2)nc1.[Ir].[Ir].[Ir].[Ir].[c-]1ccccc1-c1ccccn1.[c-]1ccccc1-c1ccccn1.[c-]1ccccc1-c1ccccn1. The van der Waals surface area contributed by atoms with E-state index in [1.54, 1.807) is 47.3 Å². The molecule has 0 spiro atoms. The van der Waals surface area contributed by atoms with Crippen molar-refractivity contribution in [2.45, 2.75) is 212 Å². The largest absolute Gasteiger partial charge is 0.305 e. The Morgan fingerprint density at radius 3 is 0.938 bits per heavy atom. The molecule has 1 fully saturated rings. The Labute approximate surface area is 935 Å². The van der Waals surface area contributed by atoms with Gasteiger partial charge in [0.2, 0.25) is 0 Å². The summed E-state index contributed by atoms with van der Waals surface area (Å²) in [5.41, 5.74) is 25.0. The van der Waals surface area contributed by atoms with E-state index in [-0.39, 0.29) is 80.4 Å². The second kappa shape index (κ2) is 65.7. The van der Waals surface area contributed by atoms with Crippen molar-refractivity contribution in [2.24, 2.45) is 5.92 Å². The van der Waals surface area contributed by atoms with Gasteiger partial charge in [-0.2, -0.15) is 0 Å². The van der Waals surface area contributed by atoms with Crippen molar-refractivity contribution < 1.29 is 80.4 Å². The van der Waals surface area contributed by atoms with E-state index in [0.717, 1.165) is 102 Å². The van der Waals surface area contributed by atoms with E-state index in [4.69, 9.17) is 15.0 Å². The summed E-state index contributed by atoms with van der Waals surface area (Å²) in [7, 11) is 0. The Bertz CT molecular complexity index is 6060. The van der Waals surface area contributed by atoms with Gasteiger partial charge in [0.25, 0.3) is 0 Å². The van der Waals surface area contributed by atoms with Crippen LogP contribution in [-0.2, 0) is 86.8 Å². The predicted molar refractivity (Wildman–Crippen MR) is 610 cm³/mol. The molecule has 0 unspecified atom stereocenters. The normalized spacial score (nSPS) is 11.4. The summed E-state index contributed by atoms with van der Waals surface area (Å²) >= 11 is -7.82. The number of hydrogen-bond donors (Lipinski definition) is 0. The molecule has 8 aromatic heterocycles. The van der Waals surface area contributed by atoms with Crippen LogP contribution in [0.4, 0.5) is 0 Å². The summed E-state index contributed by atoms with van der Waals surface area (Å²) < 4.78 is 6.52. The predicted octanol–water partition coefficient (Wildman–Crippen LogP) is 32.4. The number of aromatic nitrogens is 8. The summed E-state index contributed by atoms with van der Waals surface area (Å²) in [6.07, 6.45) is 22.6. The van der Waals surface area contributed by atoms with Gasteiger partial charge >= 0.3 is 575 Å². The van der Waals surface area contributed by atoms with Gasteiger partial charge in [0.1, 0.15) is 0 Å². The standard InChI is InChI=1S/C23H26GeN.C22H30GeN.C21H30GeN.C18H24GeN.C12H10N.3C11H8N.4Ir/c1-4-24(5-2,6-3)22-16-17-25-23(18-22)21-14-12-20(13-15-21)19-10-8-7-9-11-19;1-4-23(5-2,6-3)21-17-24-22(19-14-8-7-9-15-19)16-20(21)18-12-10-11-13-18;1-6-22(7-2,8-3)20-16-23-21(15-19(20)14-17(4)5)18-12-10-9-11-13-18;1-5-19(6-2,7-3)17-14-20-18(13-15(17)4)16-11-9-8-10-12-16;1-10-7-8-12(13-9-10)11-5-3-2-4-6-11;3*1-2-6-10(7-3-1)11-8-4-5-9-12-11;;;;/h7-14,16-18H,4-6H2,1-3H3;7-9,14,16-18H,4-6,10-13H2,1-3H3;9-12,15-17H,6-8,14H2,1-5H3;8-11,13-14H,5-7H2,1-4H3;2-5,7-9H,1H3;3*1-6,8-9H;;;;/q8*-1;;;;. The molecule has 145 heavy (non-hydrogen) atoms. The molecule has 1 saturated carbocycles. The topological polar surface area (TPSA) is 103 Å². The van der Waals surface area contributed by atoms with Crippen LogP contribution in [0.25, 0.3) is 101 Å². The van der Waals surface area contributed by atoms with Crippen molar-refractivity contribution in [1.29, 1.82) is 0 Å². The molecular formula is C129H144Ge4Ir4N8-8. The summed E-state index contributed by atoms with van der Waals surface area (Å²) in [5, 5.41) is 16.3. The first-order valence-electron chi connectivity index (χ1n) is 51.4. The maximum Gasteiger partial charge on any atom is 0.0190 e. The molecule has 0 amide bonds. The number of pyridine rings is 8. The zero-order valence-corrected chi connectivity index (χ0v) is 106. The molecule has 0 bridgehead atoms. The molecular weight excluding hydrogens is 2720 g/mol. The Kier molecular flexibility index (Phi) is 55.7. The zero-order chi connectivity index (χ0) is 99.9. The average Bonchev–Trinajstić information content (AvgIpc) is 1.67. The molecule has 8 heterocycles. The van der Waals surface area contributed by atoms with Gasteiger partial charge in [-0.15, -0.1) is 144 Å². The second-order valence-corrected chi connectivity index (χ2v) is 80.7. The van der Waals surface area contributed by atoms with Crippen LogP contribution in [-0.4, -0.2) is 92.9 Å². The van der Waals surface area contributed by atoms with Crippen LogP contribution in [0.15, 0.2) is 365 Å². The molecule has 0 aliphatic heterocycles. The fourth-order valence-corrected chi connectivity index (χ4v) is 51.2. The molecule has 1 aliphatic rings. The van der Waals surface area contributed by atoms with Gasteiger partial charge in [0.15, 0.2) is 0 Å². The number of rotatable bonds is 28. The summed E-state index contributed by atoms with van der Waals surface area (Å²) in [4.78, 5) is 36.1. The minimum atomic E-state index is -1.99. The monoisotopic (exact) mass is 2870 g/mol. The summed E-state index contributed by atoms with van der Waals surface area (Å²) in [6.45, 7) is 37.6. The minimum Gasteiger partial charge on any atom is -0.305 e. The zero-order valence-electron chi connectivity index (χ0n) is 87.7. The van der Waals surface area contributed by atoms with Crippen molar-refractivity contribution >= 4 is 70.6 Å². The Hall–Kier alpha value is -9.05. The summed E-state index contributed by atoms with van der Waals surface area (Å²) in [5.74, 6) is 1.44. The molecule has 760 valence electrons. The van der Waals surface area contributed by atoms with E-state index >= 15 is 0 Å². The van der Waals surface area contributed by atoms with Crippen LogP contribution in [0.2, 0.25) is 63.0 Å². The van der Waals surface area contributed by atoms with Gasteiger partial charge < -0.3 is 19.9 Å². The fourth-order valence-electron chi connectivity index (χ4n) is 19.3. The van der Waals surface area contributed by atoms with Crippen LogP contribution < -0.4 is 17.6 Å². The third-order valence-corrected chi connectivity index (χ3v) is 76.1. The minimum absolute atomic E-state index is 0. The van der Waals surface area contributed by atoms with Crippen LogP contribution in [0.3, 0.4) is 0 Å². The maximum atomic E-state index is 4.91. The third-order valence-electron chi connectivity index (χ3n) is 28.7. The Balaban J connectivity index is 0.000000227. The molecule has 18 rings (SSSR count). The van der Waals surface area contributed by atoms with E-state index in [2.05, 4.69) is 305 Å². The fraction of sp³-hybridized carbons (Fsp3) is 0.271. The third kappa shape index (κ3) is 35.6. The smallest absolute Gasteiger partial charge is 0.0190 e. The van der Waals surface area contributed by atoms with E-state index in [1.807, 2.05) is 226 Å². The number of benzene rings is 9. The van der Waals surface area contributed by atoms with Crippen molar-refractivity contribution in [3.63, 3.8) is 0 Å². The average molecular weight is 2870 g/mol. The van der Waals surface area contributed by atoms with Crippen molar-refractivity contribution in [2.75, 3.05) is 0 Å². The summed E-state index contributed by atoms with van der Waals surface area (Å²) in [6, 6.07) is 132. The van der Waals surface area contributed by atoms with Crippen LogP contribution in [0.5, 0.6) is 0 Å². The Morgan fingerprint density at radius 1 is 0.269 bits per heavy atom. The maximum absolute atomic E-state index is 4.91. The van der Waals surface area contributed by atoms with Crippen molar-refractivity contribution in [1.82, 2.24) is 39.9 Å².